The Morgan fingerprint density at radius 1 is 1.37 bits per heavy atom. The highest BCUT2D eigenvalue weighted by Crippen LogP contribution is 2.28. The van der Waals surface area contributed by atoms with Gasteiger partial charge in [-0.1, -0.05) is 30.3 Å². The lowest BCUT2D eigenvalue weighted by Gasteiger charge is -2.35. The first-order valence-corrected chi connectivity index (χ1v) is 6.97. The van der Waals surface area contributed by atoms with Gasteiger partial charge in [0, 0.05) is 13.1 Å². The zero-order valence-electron chi connectivity index (χ0n) is 11.6. The molecule has 1 aromatic carbocycles. The van der Waals surface area contributed by atoms with Crippen LogP contribution in [-0.2, 0) is 11.3 Å². The van der Waals surface area contributed by atoms with Crippen molar-refractivity contribution < 1.29 is 4.74 Å². The fourth-order valence-corrected chi connectivity index (χ4v) is 2.58. The second-order valence-corrected chi connectivity index (χ2v) is 5.59. The second kappa shape index (κ2) is 6.70. The van der Waals surface area contributed by atoms with Crippen molar-refractivity contribution in [3.05, 3.63) is 35.9 Å². The average Bonchev–Trinajstić information content (AvgIpc) is 2.45. The third-order valence-electron chi connectivity index (χ3n) is 3.71. The van der Waals surface area contributed by atoms with Gasteiger partial charge in [-0.3, -0.25) is 4.90 Å². The molecule has 0 N–H and O–H groups in total. The van der Waals surface area contributed by atoms with Crippen molar-refractivity contribution >= 4 is 0 Å². The Morgan fingerprint density at radius 2 is 2.16 bits per heavy atom. The quantitative estimate of drug-likeness (QED) is 0.762. The molecule has 3 nitrogen and oxygen atoms in total. The minimum absolute atomic E-state index is 0.169. The molecule has 1 fully saturated rings. The molecule has 19 heavy (non-hydrogen) atoms. The molecule has 1 aliphatic rings. The number of nitrogens with zero attached hydrogens (tertiary/aromatic N) is 2. The third kappa shape index (κ3) is 4.34. The van der Waals surface area contributed by atoms with Crippen LogP contribution >= 0.6 is 0 Å². The maximum absolute atomic E-state index is 9.18. The second-order valence-electron chi connectivity index (χ2n) is 5.59. The summed E-state index contributed by atoms with van der Waals surface area (Å²) in [6.45, 7) is 6.35. The highest BCUT2D eigenvalue weighted by molar-refractivity contribution is 5.13. The fraction of sp³-hybridized carbons (Fsp3) is 0.562. The summed E-state index contributed by atoms with van der Waals surface area (Å²) in [7, 11) is 0. The lowest BCUT2D eigenvalue weighted by Crippen LogP contribution is -2.42. The molecule has 0 bridgehead atoms. The molecule has 1 aromatic rings. The van der Waals surface area contributed by atoms with Gasteiger partial charge >= 0.3 is 0 Å². The Bertz CT molecular complexity index is 426. The summed E-state index contributed by atoms with van der Waals surface area (Å²) < 4.78 is 5.70. The van der Waals surface area contributed by atoms with Crippen LogP contribution in [0.1, 0.15) is 25.3 Å². The summed E-state index contributed by atoms with van der Waals surface area (Å²) >= 11 is 0. The normalized spacial score (nSPS) is 24.0. The number of benzene rings is 1. The number of hydrogen-bond donors (Lipinski definition) is 0. The van der Waals surface area contributed by atoms with Gasteiger partial charge in [0.15, 0.2) is 0 Å². The predicted octanol–water partition coefficient (Wildman–Crippen LogP) is 2.83. The van der Waals surface area contributed by atoms with E-state index >= 15 is 0 Å². The van der Waals surface area contributed by atoms with E-state index in [1.54, 1.807) is 0 Å². The van der Waals surface area contributed by atoms with Crippen LogP contribution in [-0.4, -0.2) is 31.1 Å². The molecule has 1 atom stereocenters. The summed E-state index contributed by atoms with van der Waals surface area (Å²) in [6, 6.07) is 12.7. The molecule has 0 spiro atoms. The van der Waals surface area contributed by atoms with Gasteiger partial charge in [-0.2, -0.15) is 5.26 Å². The first kappa shape index (κ1) is 14.0. The van der Waals surface area contributed by atoms with Crippen LogP contribution in [0.25, 0.3) is 0 Å². The van der Waals surface area contributed by atoms with Gasteiger partial charge in [0.25, 0.3) is 0 Å². The predicted molar refractivity (Wildman–Crippen MR) is 75.5 cm³/mol. The number of nitriles is 1. The minimum Gasteiger partial charge on any atom is -0.375 e. The molecule has 102 valence electrons. The van der Waals surface area contributed by atoms with E-state index < -0.39 is 0 Å². The fourth-order valence-electron chi connectivity index (χ4n) is 2.58. The summed E-state index contributed by atoms with van der Waals surface area (Å²) in [6.07, 6.45) is 2.13. The largest absolute Gasteiger partial charge is 0.375 e. The molecule has 0 radical (unpaired) electrons. The maximum Gasteiger partial charge on any atom is 0.0717 e. The van der Waals surface area contributed by atoms with Crippen LogP contribution in [0.4, 0.5) is 0 Å². The topological polar surface area (TPSA) is 36.3 Å². The van der Waals surface area contributed by atoms with E-state index in [2.05, 4.69) is 30.0 Å². The third-order valence-corrected chi connectivity index (χ3v) is 3.71. The molecule has 1 aliphatic heterocycles. The molecule has 0 aromatic heterocycles. The first-order chi connectivity index (χ1) is 9.22. The minimum atomic E-state index is -0.169. The Balaban J connectivity index is 1.67. The van der Waals surface area contributed by atoms with Gasteiger partial charge in [0.05, 0.1) is 24.7 Å². The number of rotatable bonds is 5. The lowest BCUT2D eigenvalue weighted by atomic mass is 9.83. The van der Waals surface area contributed by atoms with Crippen molar-refractivity contribution in [2.24, 2.45) is 5.41 Å². The van der Waals surface area contributed by atoms with Crippen molar-refractivity contribution in [2.75, 3.05) is 26.2 Å². The van der Waals surface area contributed by atoms with Crippen molar-refractivity contribution in [2.45, 2.75) is 26.4 Å². The number of hydrogen-bond acceptors (Lipinski definition) is 3. The highest BCUT2D eigenvalue weighted by atomic mass is 16.5. The Labute approximate surface area is 115 Å². The number of ether oxygens (including phenoxy) is 1. The first-order valence-electron chi connectivity index (χ1n) is 6.97. The van der Waals surface area contributed by atoms with Crippen LogP contribution in [0.3, 0.4) is 0 Å². The van der Waals surface area contributed by atoms with Crippen LogP contribution in [0.2, 0.25) is 0 Å². The van der Waals surface area contributed by atoms with Crippen molar-refractivity contribution in [1.82, 2.24) is 4.90 Å². The average molecular weight is 258 g/mol. The molecule has 1 saturated heterocycles. The maximum atomic E-state index is 9.18. The molecular weight excluding hydrogens is 236 g/mol. The van der Waals surface area contributed by atoms with Gasteiger partial charge in [-0.25, -0.2) is 0 Å². The van der Waals surface area contributed by atoms with Gasteiger partial charge in [0.1, 0.15) is 0 Å². The molecular formula is C16H22N2O. The molecule has 1 heterocycles. The van der Waals surface area contributed by atoms with Crippen molar-refractivity contribution in [1.29, 1.82) is 5.26 Å². The van der Waals surface area contributed by atoms with E-state index in [0.29, 0.717) is 6.61 Å². The van der Waals surface area contributed by atoms with Crippen LogP contribution in [0.5, 0.6) is 0 Å². The molecule has 2 rings (SSSR count). The molecule has 1 unspecified atom stereocenters. The van der Waals surface area contributed by atoms with Crippen molar-refractivity contribution in [3.63, 3.8) is 0 Å². The van der Waals surface area contributed by atoms with E-state index in [9.17, 15) is 5.26 Å². The smallest absolute Gasteiger partial charge is 0.0717 e. The Hall–Kier alpha value is -1.37. The van der Waals surface area contributed by atoms with Crippen LogP contribution in [0, 0.1) is 16.7 Å². The number of likely N-dealkylation sites (tertiary alicyclic amines) is 1. The number of piperidine rings is 1. The van der Waals surface area contributed by atoms with Gasteiger partial charge < -0.3 is 4.74 Å². The summed E-state index contributed by atoms with van der Waals surface area (Å²) in [5, 5.41) is 9.18. The van der Waals surface area contributed by atoms with E-state index in [0.717, 1.165) is 39.1 Å². The monoisotopic (exact) mass is 258 g/mol. The molecule has 3 heteroatoms. The Kier molecular flexibility index (Phi) is 4.95. The summed E-state index contributed by atoms with van der Waals surface area (Å²) in [5.41, 5.74) is 1.04. The van der Waals surface area contributed by atoms with E-state index in [1.165, 1.54) is 5.56 Å². The molecule has 0 aliphatic carbocycles. The SMILES string of the molecule is CC1(C#N)CCCN(CCOCc2ccccc2)C1. The van der Waals surface area contributed by atoms with E-state index in [-0.39, 0.29) is 5.41 Å². The summed E-state index contributed by atoms with van der Waals surface area (Å²) in [5.74, 6) is 0. The van der Waals surface area contributed by atoms with Crippen LogP contribution < -0.4 is 0 Å². The van der Waals surface area contributed by atoms with Gasteiger partial charge in [-0.15, -0.1) is 0 Å². The zero-order valence-corrected chi connectivity index (χ0v) is 11.6. The highest BCUT2D eigenvalue weighted by Gasteiger charge is 2.30. The zero-order chi connectivity index (χ0) is 13.6. The van der Waals surface area contributed by atoms with Crippen molar-refractivity contribution in [3.8, 4) is 6.07 Å². The van der Waals surface area contributed by atoms with Gasteiger partial charge in [0.2, 0.25) is 0 Å². The standard InChI is InChI=1S/C16H22N2O/c1-16(13-17)8-5-9-18(14-16)10-11-19-12-15-6-3-2-4-7-15/h2-4,6-7H,5,8-12,14H2,1H3. The lowest BCUT2D eigenvalue weighted by molar-refractivity contribution is 0.0675. The molecule has 0 amide bonds. The summed E-state index contributed by atoms with van der Waals surface area (Å²) in [4.78, 5) is 2.34. The van der Waals surface area contributed by atoms with E-state index in [1.807, 2.05) is 18.2 Å². The van der Waals surface area contributed by atoms with E-state index in [4.69, 9.17) is 4.74 Å². The van der Waals surface area contributed by atoms with Gasteiger partial charge in [-0.05, 0) is 31.9 Å². The van der Waals surface area contributed by atoms with Crippen LogP contribution in [0.15, 0.2) is 30.3 Å². The Morgan fingerprint density at radius 3 is 2.89 bits per heavy atom. The molecule has 0 saturated carbocycles.